The number of likely N-dealkylation sites (N-methyl/N-ethyl adjacent to an activating group) is 1. The van der Waals surface area contributed by atoms with E-state index in [0.29, 0.717) is 35.9 Å². The lowest BCUT2D eigenvalue weighted by Gasteiger charge is -2.31. The summed E-state index contributed by atoms with van der Waals surface area (Å²) in [5.74, 6) is 0. The molecule has 7 nitrogen and oxygen atoms in total. The summed E-state index contributed by atoms with van der Waals surface area (Å²) in [6.07, 6.45) is 0. The molecule has 2 heterocycles. The van der Waals surface area contributed by atoms with Crippen molar-refractivity contribution in [3.8, 4) is 0 Å². The molecule has 0 saturated carbocycles. The van der Waals surface area contributed by atoms with E-state index in [9.17, 15) is 8.42 Å². The highest BCUT2D eigenvalue weighted by molar-refractivity contribution is 7.89. The highest BCUT2D eigenvalue weighted by Gasteiger charge is 2.32. The van der Waals surface area contributed by atoms with Gasteiger partial charge in [0.15, 0.2) is 0 Å². The zero-order chi connectivity index (χ0) is 14.8. The molecule has 1 aliphatic rings. The third-order valence-electron chi connectivity index (χ3n) is 3.56. The molecule has 0 aromatic carbocycles. The highest BCUT2D eigenvalue weighted by atomic mass is 32.2. The first-order chi connectivity index (χ1) is 9.46. The lowest BCUT2D eigenvalue weighted by Crippen LogP contribution is -2.47. The Hall–Kier alpha value is -0.960. The van der Waals surface area contributed by atoms with E-state index in [0.717, 1.165) is 19.6 Å². The van der Waals surface area contributed by atoms with Crippen molar-refractivity contribution >= 4 is 10.0 Å². The van der Waals surface area contributed by atoms with E-state index in [2.05, 4.69) is 20.4 Å². The van der Waals surface area contributed by atoms with Crippen molar-refractivity contribution in [3.63, 3.8) is 0 Å². The molecule has 0 spiro atoms. The number of nitrogens with zero attached hydrogens (tertiary/aromatic N) is 3. The first kappa shape index (κ1) is 15.4. The number of hydrogen-bond acceptors (Lipinski definition) is 5. The Morgan fingerprint density at radius 3 is 2.55 bits per heavy atom. The maximum Gasteiger partial charge on any atom is 0.246 e. The van der Waals surface area contributed by atoms with Crippen molar-refractivity contribution in [2.75, 3.05) is 39.8 Å². The topological polar surface area (TPSA) is 81.3 Å². The van der Waals surface area contributed by atoms with Gasteiger partial charge in [0.2, 0.25) is 10.0 Å². The van der Waals surface area contributed by atoms with Gasteiger partial charge in [-0.3, -0.25) is 5.10 Å². The van der Waals surface area contributed by atoms with Crippen molar-refractivity contribution < 1.29 is 8.42 Å². The number of sulfonamides is 1. The van der Waals surface area contributed by atoms with Crippen molar-refractivity contribution in [3.05, 3.63) is 11.4 Å². The van der Waals surface area contributed by atoms with Gasteiger partial charge in [0, 0.05) is 32.7 Å². The molecule has 0 bridgehead atoms. The van der Waals surface area contributed by atoms with Crippen LogP contribution in [0.15, 0.2) is 4.90 Å². The van der Waals surface area contributed by atoms with Crippen molar-refractivity contribution in [2.45, 2.75) is 25.3 Å². The second kappa shape index (κ2) is 6.21. The van der Waals surface area contributed by atoms with Gasteiger partial charge < -0.3 is 10.2 Å². The van der Waals surface area contributed by atoms with Crippen LogP contribution in [-0.4, -0.2) is 67.6 Å². The molecule has 2 N–H and O–H groups in total. The molecule has 2 rings (SSSR count). The zero-order valence-electron chi connectivity index (χ0n) is 12.3. The number of aryl methyl sites for hydroxylation is 1. The van der Waals surface area contributed by atoms with Crippen molar-refractivity contribution in [2.24, 2.45) is 0 Å². The zero-order valence-corrected chi connectivity index (χ0v) is 13.1. The molecule has 1 aromatic heterocycles. The van der Waals surface area contributed by atoms with Crippen LogP contribution < -0.4 is 5.32 Å². The summed E-state index contributed by atoms with van der Waals surface area (Å²) >= 11 is 0. The van der Waals surface area contributed by atoms with Crippen LogP contribution in [-0.2, 0) is 16.6 Å². The molecule has 8 heteroatoms. The van der Waals surface area contributed by atoms with Gasteiger partial charge in [-0.2, -0.15) is 9.40 Å². The van der Waals surface area contributed by atoms with Gasteiger partial charge in [-0.1, -0.05) is 6.92 Å². The summed E-state index contributed by atoms with van der Waals surface area (Å²) in [5.41, 5.74) is 1.18. The predicted molar refractivity (Wildman–Crippen MR) is 77.0 cm³/mol. The Morgan fingerprint density at radius 1 is 1.30 bits per heavy atom. The maximum absolute atomic E-state index is 12.8. The minimum Gasteiger partial charge on any atom is -0.311 e. The Kier molecular flexibility index (Phi) is 4.79. The van der Waals surface area contributed by atoms with Gasteiger partial charge in [-0.25, -0.2) is 8.42 Å². The number of aromatic amines is 1. The molecule has 0 amide bonds. The fraction of sp³-hybridized carbons (Fsp3) is 0.750. The minimum absolute atomic E-state index is 0.336. The molecule has 0 aliphatic carbocycles. The summed E-state index contributed by atoms with van der Waals surface area (Å²) < 4.78 is 27.1. The molecular weight excluding hydrogens is 278 g/mol. The summed E-state index contributed by atoms with van der Waals surface area (Å²) in [5, 5.41) is 10.0. The van der Waals surface area contributed by atoms with E-state index in [1.807, 2.05) is 14.0 Å². The fourth-order valence-corrected chi connectivity index (χ4v) is 4.08. The van der Waals surface area contributed by atoms with Gasteiger partial charge in [0.05, 0.1) is 11.4 Å². The van der Waals surface area contributed by atoms with Crippen LogP contribution in [0.2, 0.25) is 0 Å². The van der Waals surface area contributed by atoms with Crippen LogP contribution in [0.1, 0.15) is 18.3 Å². The Bertz CT molecular complexity index is 546. The molecular formula is C12H23N5O2S. The van der Waals surface area contributed by atoms with E-state index in [4.69, 9.17) is 0 Å². The van der Waals surface area contributed by atoms with E-state index < -0.39 is 10.0 Å². The van der Waals surface area contributed by atoms with Crippen molar-refractivity contribution in [1.29, 1.82) is 0 Å². The summed E-state index contributed by atoms with van der Waals surface area (Å²) in [6.45, 7) is 7.56. The number of rotatable bonds is 5. The molecule has 1 saturated heterocycles. The van der Waals surface area contributed by atoms with Crippen LogP contribution in [0.5, 0.6) is 0 Å². The maximum atomic E-state index is 12.8. The van der Waals surface area contributed by atoms with Gasteiger partial charge >= 0.3 is 0 Å². The van der Waals surface area contributed by atoms with E-state index in [1.165, 1.54) is 0 Å². The lowest BCUT2D eigenvalue weighted by molar-refractivity contribution is 0.222. The second-order valence-corrected chi connectivity index (χ2v) is 6.99. The summed E-state index contributed by atoms with van der Waals surface area (Å²) in [7, 11) is -1.46. The Labute approximate surface area is 120 Å². The molecule has 0 atom stereocenters. The summed E-state index contributed by atoms with van der Waals surface area (Å²) in [4.78, 5) is 2.47. The van der Waals surface area contributed by atoms with E-state index in [1.54, 1.807) is 11.2 Å². The van der Waals surface area contributed by atoms with E-state index >= 15 is 0 Å². The predicted octanol–water partition coefficient (Wildman–Crippen LogP) is -0.236. The SMILES string of the molecule is CCNCc1n[nH]c(C)c1S(=O)(=O)N1CCN(C)CC1. The van der Waals surface area contributed by atoms with Gasteiger partial charge in [0.1, 0.15) is 4.90 Å². The van der Waals surface area contributed by atoms with Gasteiger partial charge in [-0.15, -0.1) is 0 Å². The Morgan fingerprint density at radius 2 is 1.95 bits per heavy atom. The number of nitrogens with one attached hydrogen (secondary N) is 2. The fourth-order valence-electron chi connectivity index (χ4n) is 2.33. The van der Waals surface area contributed by atoms with Crippen LogP contribution in [0, 0.1) is 6.92 Å². The number of piperazine rings is 1. The smallest absolute Gasteiger partial charge is 0.246 e. The van der Waals surface area contributed by atoms with Crippen LogP contribution in [0.3, 0.4) is 0 Å². The van der Waals surface area contributed by atoms with Gasteiger partial charge in [-0.05, 0) is 20.5 Å². The number of hydrogen-bond donors (Lipinski definition) is 2. The molecule has 1 fully saturated rings. The molecule has 114 valence electrons. The van der Waals surface area contributed by atoms with Gasteiger partial charge in [0.25, 0.3) is 0 Å². The molecule has 1 aromatic rings. The first-order valence-corrected chi connectivity index (χ1v) is 8.34. The largest absolute Gasteiger partial charge is 0.311 e. The van der Waals surface area contributed by atoms with Crippen molar-refractivity contribution in [1.82, 2.24) is 24.7 Å². The first-order valence-electron chi connectivity index (χ1n) is 6.90. The monoisotopic (exact) mass is 301 g/mol. The highest BCUT2D eigenvalue weighted by Crippen LogP contribution is 2.23. The van der Waals surface area contributed by atoms with E-state index in [-0.39, 0.29) is 0 Å². The minimum atomic E-state index is -3.46. The average Bonchev–Trinajstić information content (AvgIpc) is 2.78. The molecule has 0 radical (unpaired) electrons. The third kappa shape index (κ3) is 3.03. The molecule has 1 aliphatic heterocycles. The number of H-pyrrole nitrogens is 1. The Balaban J connectivity index is 2.27. The number of aromatic nitrogens is 2. The molecule has 0 unspecified atom stereocenters. The average molecular weight is 301 g/mol. The standard InChI is InChI=1S/C12H23N5O2S/c1-4-13-9-11-12(10(2)14-15-11)20(18,19)17-7-5-16(3)6-8-17/h13H,4-9H2,1-3H3,(H,14,15). The van der Waals surface area contributed by atoms with Crippen LogP contribution in [0.4, 0.5) is 0 Å². The summed E-state index contributed by atoms with van der Waals surface area (Å²) in [6, 6.07) is 0. The van der Waals surface area contributed by atoms with Crippen LogP contribution in [0.25, 0.3) is 0 Å². The lowest BCUT2D eigenvalue weighted by atomic mass is 10.3. The molecule has 20 heavy (non-hydrogen) atoms. The second-order valence-electron chi connectivity index (χ2n) is 5.11. The van der Waals surface area contributed by atoms with Crippen LogP contribution >= 0.6 is 0 Å². The normalized spacial score (nSPS) is 18.6. The third-order valence-corrected chi connectivity index (χ3v) is 5.67. The quantitative estimate of drug-likeness (QED) is 0.785.